The first-order valence-corrected chi connectivity index (χ1v) is 12.5. The first-order chi connectivity index (χ1) is 16.6. The molecule has 0 saturated carbocycles. The van der Waals surface area contributed by atoms with Crippen LogP contribution >= 0.6 is 0 Å². The lowest BCUT2D eigenvalue weighted by Crippen LogP contribution is -2.41. The lowest BCUT2D eigenvalue weighted by molar-refractivity contribution is 0.0320. The van der Waals surface area contributed by atoms with Crippen molar-refractivity contribution in [1.82, 2.24) is 20.1 Å². The highest BCUT2D eigenvalue weighted by Crippen LogP contribution is 2.17. The molecule has 2 saturated heterocycles. The minimum Gasteiger partial charge on any atom is -0.447 e. The Morgan fingerprint density at radius 3 is 2.68 bits per heavy atom. The summed E-state index contributed by atoms with van der Waals surface area (Å²) in [5.74, 6) is 0.862. The fourth-order valence-electron chi connectivity index (χ4n) is 4.37. The van der Waals surface area contributed by atoms with E-state index in [1.165, 1.54) is 17.4 Å². The molecule has 0 aliphatic carbocycles. The Balaban J connectivity index is 1.36. The molecule has 3 heterocycles. The van der Waals surface area contributed by atoms with Gasteiger partial charge in [0.15, 0.2) is 5.69 Å². The van der Waals surface area contributed by atoms with Crippen LogP contribution in [0.5, 0.6) is 0 Å². The standard InChI is InChI=1S/C26H38N4O4/c1-20(2)22-7-5-21(6-8-22)17-30(10-9-29-11-14-32-15-12-29)18-25-28-24(19-34-25)26(31)27-16-23-4-3-13-33-23/h5-8,19-20,23H,3-4,9-18H2,1-2H3,(H,27,31). The number of benzene rings is 1. The predicted octanol–water partition coefficient (Wildman–Crippen LogP) is 3.04. The summed E-state index contributed by atoms with van der Waals surface area (Å²) in [6.45, 7) is 12.4. The lowest BCUT2D eigenvalue weighted by Gasteiger charge is -2.29. The van der Waals surface area contributed by atoms with Crippen molar-refractivity contribution in [1.29, 1.82) is 0 Å². The number of amides is 1. The van der Waals surface area contributed by atoms with Crippen molar-refractivity contribution >= 4 is 5.91 Å². The largest absolute Gasteiger partial charge is 0.447 e. The molecule has 8 heteroatoms. The van der Waals surface area contributed by atoms with E-state index in [0.29, 0.717) is 30.6 Å². The van der Waals surface area contributed by atoms with Gasteiger partial charge in [-0.05, 0) is 29.9 Å². The number of hydrogen-bond acceptors (Lipinski definition) is 7. The maximum absolute atomic E-state index is 12.5. The average Bonchev–Trinajstić information content (AvgIpc) is 3.54. The monoisotopic (exact) mass is 470 g/mol. The Labute approximate surface area is 202 Å². The fraction of sp³-hybridized carbons (Fsp3) is 0.615. The Hall–Kier alpha value is -2.26. The first-order valence-electron chi connectivity index (χ1n) is 12.5. The van der Waals surface area contributed by atoms with Crippen LogP contribution in [0.25, 0.3) is 0 Å². The molecule has 1 unspecified atom stereocenters. The second-order valence-corrected chi connectivity index (χ2v) is 9.53. The maximum Gasteiger partial charge on any atom is 0.273 e. The highest BCUT2D eigenvalue weighted by atomic mass is 16.5. The number of nitrogens with zero attached hydrogens (tertiary/aromatic N) is 3. The molecule has 1 aromatic carbocycles. The summed E-state index contributed by atoms with van der Waals surface area (Å²) in [7, 11) is 0. The third-order valence-corrected chi connectivity index (χ3v) is 6.55. The van der Waals surface area contributed by atoms with Crippen LogP contribution in [-0.4, -0.2) is 79.3 Å². The molecule has 34 heavy (non-hydrogen) atoms. The van der Waals surface area contributed by atoms with Gasteiger partial charge in [0.2, 0.25) is 5.89 Å². The molecule has 1 aromatic heterocycles. The molecule has 2 fully saturated rings. The van der Waals surface area contributed by atoms with E-state index in [1.54, 1.807) is 0 Å². The zero-order chi connectivity index (χ0) is 23.8. The number of hydrogen-bond donors (Lipinski definition) is 1. The number of morpholine rings is 1. The van der Waals surface area contributed by atoms with Gasteiger partial charge in [0, 0.05) is 45.9 Å². The number of rotatable bonds is 11. The number of oxazole rings is 1. The minimum atomic E-state index is -0.213. The van der Waals surface area contributed by atoms with Gasteiger partial charge in [0.05, 0.1) is 25.9 Å². The summed E-state index contributed by atoms with van der Waals surface area (Å²) in [6, 6.07) is 8.83. The zero-order valence-corrected chi connectivity index (χ0v) is 20.5. The molecule has 0 radical (unpaired) electrons. The van der Waals surface area contributed by atoms with Gasteiger partial charge in [0.25, 0.3) is 5.91 Å². The fourth-order valence-corrected chi connectivity index (χ4v) is 4.37. The minimum absolute atomic E-state index is 0.105. The van der Waals surface area contributed by atoms with Gasteiger partial charge in [0.1, 0.15) is 6.26 Å². The second kappa shape index (κ2) is 12.4. The SMILES string of the molecule is CC(C)c1ccc(CN(CCN2CCOCC2)Cc2nc(C(=O)NCC3CCCO3)co2)cc1. The van der Waals surface area contributed by atoms with Gasteiger partial charge >= 0.3 is 0 Å². The van der Waals surface area contributed by atoms with E-state index in [4.69, 9.17) is 13.9 Å². The van der Waals surface area contributed by atoms with E-state index in [1.807, 2.05) is 0 Å². The van der Waals surface area contributed by atoms with Gasteiger partial charge in [-0.1, -0.05) is 38.1 Å². The Morgan fingerprint density at radius 2 is 1.97 bits per heavy atom. The molecular weight excluding hydrogens is 432 g/mol. The predicted molar refractivity (Wildman–Crippen MR) is 130 cm³/mol. The molecule has 0 bridgehead atoms. The van der Waals surface area contributed by atoms with Gasteiger partial charge in [-0.2, -0.15) is 0 Å². The molecule has 2 aliphatic rings. The van der Waals surface area contributed by atoms with Crippen molar-refractivity contribution in [2.75, 3.05) is 52.5 Å². The highest BCUT2D eigenvalue weighted by Gasteiger charge is 2.20. The van der Waals surface area contributed by atoms with Gasteiger partial charge in [-0.15, -0.1) is 0 Å². The normalized spacial score (nSPS) is 19.2. The van der Waals surface area contributed by atoms with Crippen molar-refractivity contribution < 1.29 is 18.7 Å². The number of carbonyl (C=O) groups excluding carboxylic acids is 1. The highest BCUT2D eigenvalue weighted by molar-refractivity contribution is 5.91. The van der Waals surface area contributed by atoms with E-state index in [-0.39, 0.29) is 12.0 Å². The quantitative estimate of drug-likeness (QED) is 0.541. The van der Waals surface area contributed by atoms with Gasteiger partial charge in [-0.3, -0.25) is 14.6 Å². The molecule has 2 aliphatic heterocycles. The van der Waals surface area contributed by atoms with E-state index >= 15 is 0 Å². The van der Waals surface area contributed by atoms with Crippen LogP contribution in [0.3, 0.4) is 0 Å². The summed E-state index contributed by atoms with van der Waals surface area (Å²) >= 11 is 0. The Kier molecular flexibility index (Phi) is 9.10. The first kappa shape index (κ1) is 24.9. The number of carbonyl (C=O) groups is 1. The molecule has 8 nitrogen and oxygen atoms in total. The van der Waals surface area contributed by atoms with E-state index in [2.05, 4.69) is 58.2 Å². The van der Waals surface area contributed by atoms with E-state index < -0.39 is 0 Å². The van der Waals surface area contributed by atoms with Gasteiger partial charge in [-0.25, -0.2) is 4.98 Å². The molecule has 4 rings (SSSR count). The van der Waals surface area contributed by atoms with Crippen LogP contribution in [0.4, 0.5) is 0 Å². The molecule has 1 atom stereocenters. The lowest BCUT2D eigenvalue weighted by atomic mass is 10.0. The smallest absolute Gasteiger partial charge is 0.273 e. The van der Waals surface area contributed by atoms with Crippen LogP contribution < -0.4 is 5.32 Å². The van der Waals surface area contributed by atoms with Crippen molar-refractivity contribution in [3.63, 3.8) is 0 Å². The topological polar surface area (TPSA) is 80.1 Å². The number of nitrogens with one attached hydrogen (secondary N) is 1. The molecule has 0 spiro atoms. The number of aromatic nitrogens is 1. The molecule has 2 aromatic rings. The van der Waals surface area contributed by atoms with Crippen LogP contribution in [0.2, 0.25) is 0 Å². The second-order valence-electron chi connectivity index (χ2n) is 9.53. The van der Waals surface area contributed by atoms with Crippen LogP contribution in [0.1, 0.15) is 60.1 Å². The molecule has 1 amide bonds. The molecule has 186 valence electrons. The number of ether oxygens (including phenoxy) is 2. The molecular formula is C26H38N4O4. The van der Waals surface area contributed by atoms with Crippen molar-refractivity contribution in [3.05, 3.63) is 53.2 Å². The van der Waals surface area contributed by atoms with Crippen LogP contribution in [0, 0.1) is 0 Å². The maximum atomic E-state index is 12.5. The van der Waals surface area contributed by atoms with Crippen LogP contribution in [0.15, 0.2) is 34.9 Å². The van der Waals surface area contributed by atoms with E-state index in [9.17, 15) is 4.79 Å². The third kappa shape index (κ3) is 7.37. The van der Waals surface area contributed by atoms with Crippen molar-refractivity contribution in [2.45, 2.75) is 51.8 Å². The van der Waals surface area contributed by atoms with Crippen molar-refractivity contribution in [2.24, 2.45) is 0 Å². The molecule has 1 N–H and O–H groups in total. The summed E-state index contributed by atoms with van der Waals surface area (Å²) < 4.78 is 16.7. The Bertz CT molecular complexity index is 886. The zero-order valence-electron chi connectivity index (χ0n) is 20.5. The summed E-state index contributed by atoms with van der Waals surface area (Å²) in [5.41, 5.74) is 2.92. The third-order valence-electron chi connectivity index (χ3n) is 6.55. The van der Waals surface area contributed by atoms with E-state index in [0.717, 1.165) is 65.4 Å². The van der Waals surface area contributed by atoms with Gasteiger partial charge < -0.3 is 19.2 Å². The van der Waals surface area contributed by atoms with Crippen molar-refractivity contribution in [3.8, 4) is 0 Å². The summed E-state index contributed by atoms with van der Waals surface area (Å²) in [6.07, 6.45) is 3.60. The average molecular weight is 471 g/mol. The van der Waals surface area contributed by atoms with Crippen LogP contribution in [-0.2, 0) is 22.6 Å². The summed E-state index contributed by atoms with van der Waals surface area (Å²) in [5, 5.41) is 2.91. The summed E-state index contributed by atoms with van der Waals surface area (Å²) in [4.78, 5) is 21.7. The Morgan fingerprint density at radius 1 is 1.18 bits per heavy atom.